The van der Waals surface area contributed by atoms with E-state index in [1.54, 1.807) is 24.3 Å². The van der Waals surface area contributed by atoms with E-state index in [1.807, 2.05) is 6.92 Å². The Kier molecular flexibility index (Phi) is 4.81. The number of rotatable bonds is 5. The molecule has 0 saturated carbocycles. The van der Waals surface area contributed by atoms with Crippen molar-refractivity contribution in [3.63, 3.8) is 0 Å². The third-order valence-corrected chi connectivity index (χ3v) is 3.03. The molecule has 0 atom stereocenters. The summed E-state index contributed by atoms with van der Waals surface area (Å²) in [4.78, 5) is 12.0. The molecule has 0 radical (unpaired) electrons. The summed E-state index contributed by atoms with van der Waals surface area (Å²) >= 11 is 3.14. The Morgan fingerprint density at radius 1 is 1.45 bits per heavy atom. The van der Waals surface area contributed by atoms with Crippen molar-refractivity contribution in [2.75, 3.05) is 11.9 Å². The maximum atomic E-state index is 12.0. The first-order valence-electron chi connectivity index (χ1n) is 6.06. The van der Waals surface area contributed by atoms with E-state index in [4.69, 9.17) is 9.15 Å². The predicted molar refractivity (Wildman–Crippen MR) is 77.9 cm³/mol. The van der Waals surface area contributed by atoms with Crippen LogP contribution in [0.5, 0.6) is 5.75 Å². The number of nitrogens with one attached hydrogen (secondary N) is 1. The average molecular weight is 340 g/mol. The fourth-order valence-corrected chi connectivity index (χ4v) is 2.05. The quantitative estimate of drug-likeness (QED) is 0.877. The highest BCUT2D eigenvalue weighted by atomic mass is 79.9. The SMILES string of the molecule is CCOc1ccc(NC(=O)c2coc(Br)c2)cc1CO. The van der Waals surface area contributed by atoms with Crippen LogP contribution in [0.15, 0.2) is 39.6 Å². The summed E-state index contributed by atoms with van der Waals surface area (Å²) in [6.07, 6.45) is 1.36. The van der Waals surface area contributed by atoms with Crippen LogP contribution >= 0.6 is 15.9 Å². The first-order chi connectivity index (χ1) is 9.63. The first-order valence-corrected chi connectivity index (χ1v) is 6.85. The van der Waals surface area contributed by atoms with Gasteiger partial charge in [-0.25, -0.2) is 0 Å². The van der Waals surface area contributed by atoms with Crippen molar-refractivity contribution in [3.8, 4) is 5.75 Å². The number of aliphatic hydroxyl groups is 1. The van der Waals surface area contributed by atoms with Crippen LogP contribution in [0.1, 0.15) is 22.8 Å². The molecule has 5 nitrogen and oxygen atoms in total. The van der Waals surface area contributed by atoms with Gasteiger partial charge in [-0.05, 0) is 41.1 Å². The van der Waals surface area contributed by atoms with E-state index < -0.39 is 0 Å². The largest absolute Gasteiger partial charge is 0.494 e. The molecule has 20 heavy (non-hydrogen) atoms. The molecule has 1 amide bonds. The van der Waals surface area contributed by atoms with Gasteiger partial charge in [-0.2, -0.15) is 0 Å². The summed E-state index contributed by atoms with van der Waals surface area (Å²) < 4.78 is 10.9. The zero-order valence-electron chi connectivity index (χ0n) is 10.9. The highest BCUT2D eigenvalue weighted by Gasteiger charge is 2.11. The summed E-state index contributed by atoms with van der Waals surface area (Å²) in [6, 6.07) is 6.70. The molecule has 1 aromatic heterocycles. The lowest BCUT2D eigenvalue weighted by Gasteiger charge is -2.11. The lowest BCUT2D eigenvalue weighted by molar-refractivity contribution is 0.102. The molecule has 0 aliphatic heterocycles. The molecule has 0 fully saturated rings. The van der Waals surface area contributed by atoms with Gasteiger partial charge in [0.25, 0.3) is 5.91 Å². The number of halogens is 1. The molecule has 2 rings (SSSR count). The van der Waals surface area contributed by atoms with Gasteiger partial charge in [-0.15, -0.1) is 0 Å². The Hall–Kier alpha value is -1.79. The lowest BCUT2D eigenvalue weighted by Crippen LogP contribution is -2.11. The minimum absolute atomic E-state index is 0.156. The molecular formula is C14H14BrNO4. The molecule has 0 aliphatic carbocycles. The van der Waals surface area contributed by atoms with E-state index >= 15 is 0 Å². The number of ether oxygens (including phenoxy) is 1. The minimum Gasteiger partial charge on any atom is -0.494 e. The normalized spacial score (nSPS) is 10.3. The van der Waals surface area contributed by atoms with Crippen molar-refractivity contribution in [1.82, 2.24) is 0 Å². The zero-order valence-corrected chi connectivity index (χ0v) is 12.4. The van der Waals surface area contributed by atoms with E-state index in [-0.39, 0.29) is 12.5 Å². The Balaban J connectivity index is 2.15. The summed E-state index contributed by atoms with van der Waals surface area (Å²) in [6.45, 7) is 2.23. The van der Waals surface area contributed by atoms with E-state index in [9.17, 15) is 9.90 Å². The maximum absolute atomic E-state index is 12.0. The van der Waals surface area contributed by atoms with Crippen LogP contribution in [0.2, 0.25) is 0 Å². The number of carbonyl (C=O) groups is 1. The van der Waals surface area contributed by atoms with Crippen LogP contribution in [0.3, 0.4) is 0 Å². The summed E-state index contributed by atoms with van der Waals surface area (Å²) in [5.74, 6) is 0.326. The Bertz CT molecular complexity index is 609. The molecule has 1 aromatic carbocycles. The van der Waals surface area contributed by atoms with Gasteiger partial charge >= 0.3 is 0 Å². The fraction of sp³-hybridized carbons (Fsp3) is 0.214. The molecule has 0 aliphatic rings. The van der Waals surface area contributed by atoms with Gasteiger partial charge in [0, 0.05) is 17.3 Å². The second kappa shape index (κ2) is 6.58. The van der Waals surface area contributed by atoms with Gasteiger partial charge in [-0.1, -0.05) is 0 Å². The monoisotopic (exact) mass is 339 g/mol. The molecule has 0 saturated heterocycles. The number of aliphatic hydroxyl groups excluding tert-OH is 1. The molecular weight excluding hydrogens is 326 g/mol. The van der Waals surface area contributed by atoms with E-state index in [2.05, 4.69) is 21.2 Å². The van der Waals surface area contributed by atoms with Crippen molar-refractivity contribution < 1.29 is 19.1 Å². The number of amides is 1. The van der Waals surface area contributed by atoms with Crippen LogP contribution in [-0.2, 0) is 6.61 Å². The van der Waals surface area contributed by atoms with Crippen molar-refractivity contribution in [1.29, 1.82) is 0 Å². The number of hydrogen-bond acceptors (Lipinski definition) is 4. The van der Waals surface area contributed by atoms with Gasteiger partial charge in [0.2, 0.25) is 0 Å². The summed E-state index contributed by atoms with van der Waals surface area (Å²) in [5.41, 5.74) is 1.62. The Labute approximate surface area is 124 Å². The standard InChI is InChI=1S/C14H14BrNO4/c1-2-19-12-4-3-11(5-9(12)7-17)16-14(18)10-6-13(15)20-8-10/h3-6,8,17H,2,7H2,1H3,(H,16,18). The average Bonchev–Trinajstić information content (AvgIpc) is 2.87. The fourth-order valence-electron chi connectivity index (χ4n) is 1.71. The van der Waals surface area contributed by atoms with E-state index in [1.165, 1.54) is 6.26 Å². The Morgan fingerprint density at radius 3 is 2.85 bits per heavy atom. The molecule has 0 unspecified atom stereocenters. The van der Waals surface area contributed by atoms with Crippen LogP contribution in [0.4, 0.5) is 5.69 Å². The Morgan fingerprint density at radius 2 is 2.25 bits per heavy atom. The molecule has 6 heteroatoms. The third-order valence-electron chi connectivity index (χ3n) is 2.62. The molecule has 2 aromatic rings. The number of anilines is 1. The van der Waals surface area contributed by atoms with Gasteiger partial charge in [0.1, 0.15) is 12.0 Å². The molecule has 1 heterocycles. The third kappa shape index (κ3) is 3.40. The molecule has 0 bridgehead atoms. The second-order valence-corrected chi connectivity index (χ2v) is 4.79. The second-order valence-electron chi connectivity index (χ2n) is 4.01. The number of benzene rings is 1. The van der Waals surface area contributed by atoms with Crippen LogP contribution in [-0.4, -0.2) is 17.6 Å². The van der Waals surface area contributed by atoms with E-state index in [0.717, 1.165) is 0 Å². The number of furan rings is 1. The van der Waals surface area contributed by atoms with Gasteiger partial charge < -0.3 is 19.6 Å². The molecule has 2 N–H and O–H groups in total. The maximum Gasteiger partial charge on any atom is 0.258 e. The lowest BCUT2D eigenvalue weighted by atomic mass is 10.2. The minimum atomic E-state index is -0.285. The van der Waals surface area contributed by atoms with Crippen LogP contribution in [0.25, 0.3) is 0 Å². The smallest absolute Gasteiger partial charge is 0.258 e. The van der Waals surface area contributed by atoms with Gasteiger partial charge in [-0.3, -0.25) is 4.79 Å². The first kappa shape index (κ1) is 14.6. The van der Waals surface area contributed by atoms with Crippen molar-refractivity contribution in [2.24, 2.45) is 0 Å². The molecule has 106 valence electrons. The van der Waals surface area contributed by atoms with Crippen molar-refractivity contribution >= 4 is 27.5 Å². The van der Waals surface area contributed by atoms with Crippen LogP contribution in [0, 0.1) is 0 Å². The van der Waals surface area contributed by atoms with Crippen molar-refractivity contribution in [2.45, 2.75) is 13.5 Å². The number of carbonyl (C=O) groups excluding carboxylic acids is 1. The van der Waals surface area contributed by atoms with Crippen LogP contribution < -0.4 is 10.1 Å². The van der Waals surface area contributed by atoms with Crippen molar-refractivity contribution in [3.05, 3.63) is 46.3 Å². The zero-order chi connectivity index (χ0) is 14.5. The summed E-state index contributed by atoms with van der Waals surface area (Å²) in [5, 5.41) is 12.0. The highest BCUT2D eigenvalue weighted by molar-refractivity contribution is 9.10. The summed E-state index contributed by atoms with van der Waals surface area (Å²) in [7, 11) is 0. The number of hydrogen-bond donors (Lipinski definition) is 2. The van der Waals surface area contributed by atoms with Gasteiger partial charge in [0.15, 0.2) is 4.67 Å². The van der Waals surface area contributed by atoms with E-state index in [0.29, 0.717) is 33.8 Å². The predicted octanol–water partition coefficient (Wildman–Crippen LogP) is 3.19. The van der Waals surface area contributed by atoms with Gasteiger partial charge in [0.05, 0.1) is 18.8 Å². The topological polar surface area (TPSA) is 71.7 Å². The molecule has 0 spiro atoms. The highest BCUT2D eigenvalue weighted by Crippen LogP contribution is 2.24.